The molecule has 0 radical (unpaired) electrons. The minimum absolute atomic E-state index is 0.214. The van der Waals surface area contributed by atoms with Crippen LogP contribution in [0.1, 0.15) is 16.7 Å². The van der Waals surface area contributed by atoms with Gasteiger partial charge in [0, 0.05) is 19.8 Å². The normalized spacial score (nSPS) is 15.4. The van der Waals surface area contributed by atoms with Crippen molar-refractivity contribution in [2.24, 2.45) is 0 Å². The van der Waals surface area contributed by atoms with E-state index in [0.717, 1.165) is 12.0 Å². The molecule has 2 aromatic heterocycles. The van der Waals surface area contributed by atoms with Gasteiger partial charge in [0.15, 0.2) is 0 Å². The van der Waals surface area contributed by atoms with E-state index in [9.17, 15) is 9.59 Å². The summed E-state index contributed by atoms with van der Waals surface area (Å²) < 4.78 is 1.98. The number of hydrogen-bond acceptors (Lipinski definition) is 6. The fourth-order valence-corrected chi connectivity index (χ4v) is 4.33. The third-order valence-electron chi connectivity index (χ3n) is 4.82. The fraction of sp³-hybridized carbons (Fsp3) is 0.182. The molecule has 0 unspecified atom stereocenters. The fourth-order valence-electron chi connectivity index (χ4n) is 3.17. The van der Waals surface area contributed by atoms with Gasteiger partial charge >= 0.3 is 0 Å². The van der Waals surface area contributed by atoms with E-state index < -0.39 is 0 Å². The topological polar surface area (TPSA) is 66.7 Å². The molecule has 6 nitrogen and oxygen atoms in total. The van der Waals surface area contributed by atoms with Crippen molar-refractivity contribution in [3.63, 3.8) is 0 Å². The number of amides is 1. The van der Waals surface area contributed by atoms with E-state index in [-0.39, 0.29) is 11.5 Å². The standard InChI is InChI=1S/C22H20N4O2S2/c1-14-8-9-18-24-19(23-11-10-15-6-4-3-5-7-15)16(20(27)26(18)13-14)12-17-21(28)25(2)22(29)30-17/h3-9,12-13,23H,10-11H2,1-2H3. The minimum Gasteiger partial charge on any atom is -0.369 e. The Morgan fingerprint density at radius 2 is 1.93 bits per heavy atom. The van der Waals surface area contributed by atoms with Crippen LogP contribution in [0.4, 0.5) is 5.82 Å². The van der Waals surface area contributed by atoms with Crippen molar-refractivity contribution in [3.05, 3.63) is 80.6 Å². The van der Waals surface area contributed by atoms with E-state index in [0.29, 0.717) is 32.8 Å². The molecule has 1 amide bonds. The summed E-state index contributed by atoms with van der Waals surface area (Å²) >= 11 is 6.40. The number of benzene rings is 1. The van der Waals surface area contributed by atoms with Crippen LogP contribution >= 0.6 is 24.0 Å². The predicted octanol–water partition coefficient (Wildman–Crippen LogP) is 3.49. The summed E-state index contributed by atoms with van der Waals surface area (Å²) in [5, 5.41) is 3.28. The van der Waals surface area contributed by atoms with E-state index >= 15 is 0 Å². The van der Waals surface area contributed by atoms with Crippen LogP contribution in [-0.4, -0.2) is 38.1 Å². The van der Waals surface area contributed by atoms with Gasteiger partial charge in [-0.1, -0.05) is 60.4 Å². The summed E-state index contributed by atoms with van der Waals surface area (Å²) in [6.45, 7) is 2.52. The van der Waals surface area contributed by atoms with Gasteiger partial charge in [-0.25, -0.2) is 4.98 Å². The Morgan fingerprint density at radius 3 is 2.63 bits per heavy atom. The monoisotopic (exact) mass is 436 g/mol. The first kappa shape index (κ1) is 20.3. The smallest absolute Gasteiger partial charge is 0.267 e. The molecular weight excluding hydrogens is 416 g/mol. The molecule has 0 aliphatic carbocycles. The first-order valence-electron chi connectivity index (χ1n) is 9.46. The molecule has 0 spiro atoms. The number of pyridine rings is 1. The van der Waals surface area contributed by atoms with Gasteiger partial charge in [0.1, 0.15) is 15.8 Å². The second-order valence-corrected chi connectivity index (χ2v) is 8.69. The minimum atomic E-state index is -0.229. The van der Waals surface area contributed by atoms with Crippen LogP contribution in [0, 0.1) is 6.92 Å². The summed E-state index contributed by atoms with van der Waals surface area (Å²) in [5.41, 5.74) is 2.80. The Morgan fingerprint density at radius 1 is 1.17 bits per heavy atom. The van der Waals surface area contributed by atoms with Crippen LogP contribution in [0.2, 0.25) is 0 Å². The van der Waals surface area contributed by atoms with Crippen molar-refractivity contribution in [1.29, 1.82) is 0 Å². The van der Waals surface area contributed by atoms with Gasteiger partial charge < -0.3 is 5.32 Å². The first-order valence-corrected chi connectivity index (χ1v) is 10.7. The number of rotatable bonds is 5. The molecule has 30 heavy (non-hydrogen) atoms. The highest BCUT2D eigenvalue weighted by atomic mass is 32.2. The lowest BCUT2D eigenvalue weighted by Crippen LogP contribution is -2.23. The quantitative estimate of drug-likeness (QED) is 0.488. The maximum absolute atomic E-state index is 13.3. The zero-order valence-electron chi connectivity index (χ0n) is 16.6. The highest BCUT2D eigenvalue weighted by Crippen LogP contribution is 2.31. The molecule has 1 aromatic carbocycles. The second kappa shape index (κ2) is 8.41. The molecule has 0 saturated carbocycles. The largest absolute Gasteiger partial charge is 0.369 e. The number of thiocarbonyl (C=S) groups is 1. The maximum Gasteiger partial charge on any atom is 0.267 e. The number of fused-ring (bicyclic) bond motifs is 1. The van der Waals surface area contributed by atoms with Gasteiger partial charge in [0.05, 0.1) is 10.5 Å². The predicted molar refractivity (Wildman–Crippen MR) is 126 cm³/mol. The number of anilines is 1. The summed E-state index contributed by atoms with van der Waals surface area (Å²) in [4.78, 5) is 32.2. The van der Waals surface area contributed by atoms with Crippen molar-refractivity contribution in [3.8, 4) is 0 Å². The number of aryl methyl sites for hydroxylation is 1. The van der Waals surface area contributed by atoms with E-state index in [2.05, 4.69) is 22.4 Å². The second-order valence-electron chi connectivity index (χ2n) is 7.02. The number of thioether (sulfide) groups is 1. The zero-order chi connectivity index (χ0) is 21.3. The van der Waals surface area contributed by atoms with Gasteiger partial charge in [0.2, 0.25) is 0 Å². The summed E-state index contributed by atoms with van der Waals surface area (Å²) in [5.74, 6) is 0.245. The van der Waals surface area contributed by atoms with Crippen molar-refractivity contribution in [1.82, 2.24) is 14.3 Å². The van der Waals surface area contributed by atoms with E-state index in [1.165, 1.54) is 26.6 Å². The van der Waals surface area contributed by atoms with E-state index in [1.807, 2.05) is 37.3 Å². The molecule has 4 rings (SSSR count). The van der Waals surface area contributed by atoms with Crippen molar-refractivity contribution >= 4 is 51.7 Å². The number of aromatic nitrogens is 2. The molecule has 1 fully saturated rings. The van der Waals surface area contributed by atoms with Crippen LogP contribution in [0.25, 0.3) is 11.7 Å². The van der Waals surface area contributed by atoms with Crippen LogP contribution in [-0.2, 0) is 11.2 Å². The third kappa shape index (κ3) is 4.01. The molecule has 8 heteroatoms. The van der Waals surface area contributed by atoms with Gasteiger partial charge in [-0.15, -0.1) is 0 Å². The van der Waals surface area contributed by atoms with E-state index in [1.54, 1.807) is 19.3 Å². The molecule has 1 saturated heterocycles. The highest BCUT2D eigenvalue weighted by molar-refractivity contribution is 8.26. The van der Waals surface area contributed by atoms with Gasteiger partial charge in [-0.2, -0.15) is 0 Å². The average Bonchev–Trinajstić information content (AvgIpc) is 2.98. The zero-order valence-corrected chi connectivity index (χ0v) is 18.2. The maximum atomic E-state index is 13.3. The molecule has 1 aliphatic heterocycles. The number of carbonyl (C=O) groups is 1. The number of hydrogen-bond donors (Lipinski definition) is 1. The molecule has 0 atom stereocenters. The van der Waals surface area contributed by atoms with Gasteiger partial charge in [-0.05, 0) is 36.6 Å². The molecule has 1 N–H and O–H groups in total. The lowest BCUT2D eigenvalue weighted by molar-refractivity contribution is -0.121. The Bertz CT molecular complexity index is 1240. The number of nitrogens with one attached hydrogen (secondary N) is 1. The van der Waals surface area contributed by atoms with Crippen LogP contribution in [0.3, 0.4) is 0 Å². The SMILES string of the molecule is Cc1ccc2nc(NCCc3ccccc3)c(C=C3SC(=S)N(C)C3=O)c(=O)n2c1. The highest BCUT2D eigenvalue weighted by Gasteiger charge is 2.29. The molecule has 1 aliphatic rings. The number of likely N-dealkylation sites (N-methyl/N-ethyl adjacent to an activating group) is 1. The summed E-state index contributed by atoms with van der Waals surface area (Å²) in [6.07, 6.45) is 4.13. The molecular formula is C22H20N4O2S2. The Kier molecular flexibility index (Phi) is 5.69. The third-order valence-corrected chi connectivity index (χ3v) is 6.30. The van der Waals surface area contributed by atoms with Crippen molar-refractivity contribution in [2.75, 3.05) is 18.9 Å². The Balaban J connectivity index is 1.75. The lowest BCUT2D eigenvalue weighted by atomic mass is 10.1. The lowest BCUT2D eigenvalue weighted by Gasteiger charge is -2.12. The molecule has 3 heterocycles. The Labute approximate surface area is 183 Å². The van der Waals surface area contributed by atoms with Crippen LogP contribution in [0.15, 0.2) is 58.4 Å². The number of nitrogens with zero attached hydrogens (tertiary/aromatic N) is 3. The summed E-state index contributed by atoms with van der Waals surface area (Å²) in [7, 11) is 1.63. The molecule has 0 bridgehead atoms. The number of carbonyl (C=O) groups excluding carboxylic acids is 1. The molecule has 152 valence electrons. The van der Waals surface area contributed by atoms with Crippen LogP contribution < -0.4 is 10.9 Å². The van der Waals surface area contributed by atoms with E-state index in [4.69, 9.17) is 12.2 Å². The van der Waals surface area contributed by atoms with Crippen molar-refractivity contribution < 1.29 is 4.79 Å². The average molecular weight is 437 g/mol. The van der Waals surface area contributed by atoms with Gasteiger partial charge in [-0.3, -0.25) is 18.9 Å². The van der Waals surface area contributed by atoms with Crippen LogP contribution in [0.5, 0.6) is 0 Å². The first-order chi connectivity index (χ1) is 14.4. The van der Waals surface area contributed by atoms with Crippen molar-refractivity contribution in [2.45, 2.75) is 13.3 Å². The molecule has 3 aromatic rings. The van der Waals surface area contributed by atoms with Gasteiger partial charge in [0.25, 0.3) is 11.5 Å². The Hall–Kier alpha value is -2.97. The summed E-state index contributed by atoms with van der Waals surface area (Å²) in [6, 6.07) is 13.8.